The van der Waals surface area contributed by atoms with Crippen LogP contribution >= 0.6 is 0 Å². The van der Waals surface area contributed by atoms with Gasteiger partial charge in [0.1, 0.15) is 30.1 Å². The molecule has 0 amide bonds. The molecule has 0 spiro atoms. The third-order valence-electron chi connectivity index (χ3n) is 5.32. The van der Waals surface area contributed by atoms with Crippen molar-refractivity contribution < 1.29 is 44.9 Å². The summed E-state index contributed by atoms with van der Waals surface area (Å²) in [5.41, 5.74) is 1.15. The first-order valence-electron chi connectivity index (χ1n) is 9.96. The van der Waals surface area contributed by atoms with Crippen molar-refractivity contribution in [1.82, 2.24) is 9.55 Å². The van der Waals surface area contributed by atoms with Gasteiger partial charge in [0.2, 0.25) is 6.29 Å². The molecule has 5 atom stereocenters. The number of pyridine rings is 1. The molecular weight excluding hydrogens is 436 g/mol. The second-order valence-corrected chi connectivity index (χ2v) is 7.51. The molecule has 11 nitrogen and oxygen atoms in total. The Kier molecular flexibility index (Phi) is 6.31. The van der Waals surface area contributed by atoms with Crippen molar-refractivity contribution in [3.63, 3.8) is 0 Å². The zero-order valence-corrected chi connectivity index (χ0v) is 17.1. The highest BCUT2D eigenvalue weighted by atomic mass is 16.7. The Morgan fingerprint density at radius 1 is 1.15 bits per heavy atom. The summed E-state index contributed by atoms with van der Waals surface area (Å²) in [7, 11) is 0. The first-order valence-corrected chi connectivity index (χ1v) is 9.96. The van der Waals surface area contributed by atoms with E-state index in [9.17, 15) is 30.3 Å². The molecule has 0 saturated carbocycles. The molecule has 1 aliphatic heterocycles. The highest BCUT2D eigenvalue weighted by Gasteiger charge is 2.44. The molecule has 1 aromatic carbocycles. The van der Waals surface area contributed by atoms with E-state index in [1.807, 2.05) is 0 Å². The summed E-state index contributed by atoms with van der Waals surface area (Å²) in [5.74, 6) is -1.44. The van der Waals surface area contributed by atoms with Crippen LogP contribution in [0.2, 0.25) is 0 Å². The Morgan fingerprint density at radius 2 is 1.94 bits per heavy atom. The number of nitrogens with zero attached hydrogens (tertiary/aromatic N) is 2. The van der Waals surface area contributed by atoms with Gasteiger partial charge in [-0.3, -0.25) is 0 Å². The summed E-state index contributed by atoms with van der Waals surface area (Å²) in [4.78, 5) is 14.8. The molecule has 0 bridgehead atoms. The molecule has 174 valence electrons. The number of carboxylic acid groups (broad SMARTS) is 1. The predicted molar refractivity (Wildman–Crippen MR) is 114 cm³/mol. The number of ether oxygens (including phenoxy) is 2. The van der Waals surface area contributed by atoms with E-state index in [-0.39, 0.29) is 17.2 Å². The Morgan fingerprint density at radius 3 is 2.67 bits per heavy atom. The molecule has 6 N–H and O–H groups in total. The average molecular weight is 458 g/mol. The van der Waals surface area contributed by atoms with Crippen LogP contribution in [-0.2, 0) is 4.74 Å². The molecule has 4 rings (SSSR count). The number of aromatic carboxylic acids is 1. The Bertz CT molecular complexity index is 1190. The summed E-state index contributed by atoms with van der Waals surface area (Å²) < 4.78 is 12.6. The number of rotatable bonds is 6. The van der Waals surface area contributed by atoms with E-state index in [1.165, 1.54) is 24.4 Å². The number of carboxylic acids is 1. The van der Waals surface area contributed by atoms with E-state index in [0.717, 1.165) is 0 Å². The maximum Gasteiger partial charge on any atom is 0.354 e. The van der Waals surface area contributed by atoms with Crippen molar-refractivity contribution in [3.05, 3.63) is 54.0 Å². The lowest BCUT2D eigenvalue weighted by Gasteiger charge is -2.39. The van der Waals surface area contributed by atoms with Crippen molar-refractivity contribution >= 4 is 29.1 Å². The van der Waals surface area contributed by atoms with Crippen molar-refractivity contribution in [1.29, 1.82) is 0 Å². The summed E-state index contributed by atoms with van der Waals surface area (Å²) in [6, 6.07) is 7.75. The van der Waals surface area contributed by atoms with Gasteiger partial charge in [-0.25, -0.2) is 9.78 Å². The van der Waals surface area contributed by atoms with Gasteiger partial charge in [-0.2, -0.15) is 0 Å². The largest absolute Gasteiger partial charge is 0.504 e. The van der Waals surface area contributed by atoms with Crippen LogP contribution in [0.4, 0.5) is 0 Å². The third-order valence-corrected chi connectivity index (χ3v) is 5.32. The van der Waals surface area contributed by atoms with E-state index < -0.39 is 43.3 Å². The van der Waals surface area contributed by atoms with Gasteiger partial charge in [0.15, 0.2) is 11.5 Å². The maximum absolute atomic E-state index is 11.1. The zero-order valence-electron chi connectivity index (χ0n) is 17.1. The van der Waals surface area contributed by atoms with Gasteiger partial charge < -0.3 is 44.7 Å². The fourth-order valence-electron chi connectivity index (χ4n) is 3.52. The van der Waals surface area contributed by atoms with E-state index in [2.05, 4.69) is 4.98 Å². The van der Waals surface area contributed by atoms with E-state index in [1.54, 1.807) is 35.2 Å². The van der Waals surface area contributed by atoms with Crippen LogP contribution in [0.1, 0.15) is 16.1 Å². The molecule has 1 saturated heterocycles. The van der Waals surface area contributed by atoms with Crippen LogP contribution in [0.3, 0.4) is 0 Å². The molecule has 0 aliphatic carbocycles. The number of hydrogen-bond acceptors (Lipinski definition) is 9. The molecule has 0 radical (unpaired) electrons. The van der Waals surface area contributed by atoms with Gasteiger partial charge in [-0.15, -0.1) is 0 Å². The topological polar surface area (TPSA) is 175 Å². The number of hydrogen-bond donors (Lipinski definition) is 6. The molecule has 3 heterocycles. The van der Waals surface area contributed by atoms with Gasteiger partial charge in [0.05, 0.1) is 12.1 Å². The normalized spacial score (nSPS) is 25.5. The second-order valence-electron chi connectivity index (χ2n) is 7.51. The Balaban J connectivity index is 1.57. The van der Waals surface area contributed by atoms with Crippen molar-refractivity contribution in [2.75, 3.05) is 6.61 Å². The molecule has 3 aromatic rings. The lowest BCUT2D eigenvalue weighted by molar-refractivity contribution is -0.277. The van der Waals surface area contributed by atoms with Crippen LogP contribution in [0.15, 0.2) is 42.7 Å². The quantitative estimate of drug-likeness (QED) is 0.300. The number of phenols is 1. The first-order chi connectivity index (χ1) is 15.8. The van der Waals surface area contributed by atoms with Crippen molar-refractivity contribution in [3.8, 4) is 11.5 Å². The Hall–Kier alpha value is -3.48. The summed E-state index contributed by atoms with van der Waals surface area (Å²) in [5, 5.41) is 59.4. The molecule has 1 fully saturated rings. The van der Waals surface area contributed by atoms with Crippen LogP contribution in [-0.4, -0.2) is 83.5 Å². The van der Waals surface area contributed by atoms with Gasteiger partial charge in [-0.05, 0) is 35.9 Å². The summed E-state index contributed by atoms with van der Waals surface area (Å²) in [6.07, 6.45) is -0.823. The highest BCUT2D eigenvalue weighted by Crippen LogP contribution is 2.35. The number of aliphatic hydroxyl groups excluding tert-OH is 4. The van der Waals surface area contributed by atoms with E-state index in [0.29, 0.717) is 16.5 Å². The fraction of sp³-hybridized carbons (Fsp3) is 0.273. The van der Waals surface area contributed by atoms with Crippen LogP contribution < -0.4 is 4.74 Å². The average Bonchev–Trinajstić information content (AvgIpc) is 3.19. The number of carbonyl (C=O) groups is 1. The smallest absolute Gasteiger partial charge is 0.354 e. The lowest BCUT2D eigenvalue weighted by Crippen LogP contribution is -2.60. The van der Waals surface area contributed by atoms with Crippen molar-refractivity contribution in [2.24, 2.45) is 0 Å². The Labute approximate surface area is 187 Å². The van der Waals surface area contributed by atoms with Gasteiger partial charge in [-0.1, -0.05) is 0 Å². The first kappa shape index (κ1) is 22.7. The monoisotopic (exact) mass is 458 g/mol. The molecular formula is C22H22N2O9. The highest BCUT2D eigenvalue weighted by molar-refractivity contribution is 5.88. The number of phenolic OH excluding ortho intramolecular Hbond substituents is 1. The number of benzene rings is 1. The SMILES string of the molecule is O=C(O)c1cc(/C=C/n2ccc3cc(O[C@@H]4O[C@H](CO)[C@@H](O)[C@H](O)[C@H]4O)c(O)cc32)ccn1. The maximum atomic E-state index is 11.1. The standard InChI is InChI=1S/C22H22N2O9/c25-10-17-18(27)19(28)20(29)22(33-17)32-16-8-12-3-6-24(14(12)9-15(16)26)5-2-11-1-4-23-13(7-11)21(30)31/h1-9,17-20,22,25-29H,10H2,(H,30,31)/b5-2+/t17-,18-,19+,20-,22-/m1/s1. The molecule has 33 heavy (non-hydrogen) atoms. The number of aromatic hydroxyl groups is 1. The van der Waals surface area contributed by atoms with E-state index >= 15 is 0 Å². The molecule has 11 heteroatoms. The molecule has 0 unspecified atom stereocenters. The van der Waals surface area contributed by atoms with Crippen molar-refractivity contribution in [2.45, 2.75) is 30.7 Å². The summed E-state index contributed by atoms with van der Waals surface area (Å²) >= 11 is 0. The van der Waals surface area contributed by atoms with Crippen LogP contribution in [0.25, 0.3) is 23.2 Å². The van der Waals surface area contributed by atoms with E-state index in [4.69, 9.17) is 14.6 Å². The second kappa shape index (κ2) is 9.17. The fourth-order valence-corrected chi connectivity index (χ4v) is 3.52. The summed E-state index contributed by atoms with van der Waals surface area (Å²) in [6.45, 7) is -0.601. The number of aromatic nitrogens is 2. The minimum atomic E-state index is -1.61. The number of aliphatic hydroxyl groups is 4. The van der Waals surface area contributed by atoms with Gasteiger partial charge >= 0.3 is 5.97 Å². The van der Waals surface area contributed by atoms with Crippen LogP contribution in [0, 0.1) is 0 Å². The van der Waals surface area contributed by atoms with Gasteiger partial charge in [0.25, 0.3) is 0 Å². The predicted octanol–water partition coefficient (Wildman–Crippen LogP) is 0.247. The minimum Gasteiger partial charge on any atom is -0.504 e. The number of fused-ring (bicyclic) bond motifs is 1. The third kappa shape index (κ3) is 4.53. The lowest BCUT2D eigenvalue weighted by atomic mass is 9.99. The molecule has 2 aromatic heterocycles. The molecule has 1 aliphatic rings. The zero-order chi connectivity index (χ0) is 23.7. The minimum absolute atomic E-state index is 0.0335. The van der Waals surface area contributed by atoms with Crippen LogP contribution in [0.5, 0.6) is 11.5 Å². The van der Waals surface area contributed by atoms with Gasteiger partial charge in [0, 0.05) is 30.0 Å².